The highest BCUT2D eigenvalue weighted by atomic mass is 35.5. The molecule has 0 aliphatic rings. The van der Waals surface area contributed by atoms with E-state index in [0.29, 0.717) is 22.3 Å². The van der Waals surface area contributed by atoms with Gasteiger partial charge in [0.05, 0.1) is 5.75 Å². The van der Waals surface area contributed by atoms with Crippen LogP contribution in [0.4, 0.5) is 5.69 Å². The fourth-order valence-corrected chi connectivity index (χ4v) is 3.22. The van der Waals surface area contributed by atoms with Gasteiger partial charge in [-0.15, -0.1) is 11.8 Å². The van der Waals surface area contributed by atoms with Gasteiger partial charge in [0.1, 0.15) is 18.1 Å². The number of thioether (sulfide) groups is 1. The second-order valence-corrected chi connectivity index (χ2v) is 7.23. The number of nitrogens with one attached hydrogen (secondary N) is 1. The van der Waals surface area contributed by atoms with Gasteiger partial charge in [0.15, 0.2) is 0 Å². The summed E-state index contributed by atoms with van der Waals surface area (Å²) in [4.78, 5) is 13.3. The smallest absolute Gasteiger partial charge is 0.234 e. The molecule has 0 saturated heterocycles. The number of halogens is 1. The zero-order valence-electron chi connectivity index (χ0n) is 14.2. The lowest BCUT2D eigenvalue weighted by atomic mass is 10.1. The second-order valence-electron chi connectivity index (χ2n) is 5.74. The molecule has 0 radical (unpaired) electrons. The Bertz CT molecular complexity index is 906. The molecule has 0 aliphatic heterocycles. The lowest BCUT2D eigenvalue weighted by Gasteiger charge is -2.10. The monoisotopic (exact) mass is 387 g/mol. The summed E-state index contributed by atoms with van der Waals surface area (Å²) in [5.41, 5.74) is 2.55. The third-order valence-corrected chi connectivity index (χ3v) is 5.06. The molecule has 0 unspecified atom stereocenters. The molecule has 4 nitrogen and oxygen atoms in total. The van der Waals surface area contributed by atoms with E-state index >= 15 is 0 Å². The molecule has 1 aromatic heterocycles. The highest BCUT2D eigenvalue weighted by Crippen LogP contribution is 2.27. The summed E-state index contributed by atoms with van der Waals surface area (Å²) in [6.45, 7) is 1.80. The third-order valence-electron chi connectivity index (χ3n) is 3.80. The zero-order chi connectivity index (χ0) is 18.5. The number of aliphatic hydroxyl groups is 1. The summed E-state index contributed by atoms with van der Waals surface area (Å²) >= 11 is 7.32. The largest absolute Gasteiger partial charge is 0.459 e. The summed E-state index contributed by atoms with van der Waals surface area (Å²) in [5, 5.41) is 12.7. The van der Waals surface area contributed by atoms with E-state index in [2.05, 4.69) is 5.32 Å². The van der Waals surface area contributed by atoms with Crippen molar-refractivity contribution in [2.75, 3.05) is 11.1 Å². The van der Waals surface area contributed by atoms with Crippen LogP contribution in [-0.4, -0.2) is 16.8 Å². The van der Waals surface area contributed by atoms with E-state index in [4.69, 9.17) is 21.1 Å². The molecule has 0 aliphatic carbocycles. The fraction of sp³-hybridized carbons (Fsp3) is 0.150. The second kappa shape index (κ2) is 8.45. The maximum absolute atomic E-state index is 12.3. The minimum absolute atomic E-state index is 0.0827. The first-order chi connectivity index (χ1) is 12.5. The summed E-state index contributed by atoms with van der Waals surface area (Å²) < 4.78 is 5.56. The molecule has 0 atom stereocenters. The van der Waals surface area contributed by atoms with E-state index in [-0.39, 0.29) is 12.5 Å². The number of amides is 1. The molecule has 1 amide bonds. The van der Waals surface area contributed by atoms with Crippen LogP contribution in [0.5, 0.6) is 0 Å². The molecule has 0 bridgehead atoms. The van der Waals surface area contributed by atoms with Crippen LogP contribution < -0.4 is 5.32 Å². The molecule has 134 valence electrons. The van der Waals surface area contributed by atoms with E-state index in [0.717, 1.165) is 21.7 Å². The number of aliphatic hydroxyl groups excluding tert-OH is 1. The maximum atomic E-state index is 12.3. The van der Waals surface area contributed by atoms with Crippen LogP contribution in [0, 0.1) is 6.92 Å². The first kappa shape index (κ1) is 18.6. The molecular weight excluding hydrogens is 370 g/mol. The molecule has 26 heavy (non-hydrogen) atoms. The fourth-order valence-electron chi connectivity index (χ4n) is 2.39. The minimum atomic E-state index is -0.141. The number of carbonyl (C=O) groups excluding carboxylic acids is 1. The lowest BCUT2D eigenvalue weighted by molar-refractivity contribution is -0.113. The van der Waals surface area contributed by atoms with Gasteiger partial charge >= 0.3 is 0 Å². The average Bonchev–Trinajstić information content (AvgIpc) is 3.12. The Hall–Kier alpha value is -2.21. The Morgan fingerprint density at radius 2 is 1.92 bits per heavy atom. The zero-order valence-corrected chi connectivity index (χ0v) is 15.7. The van der Waals surface area contributed by atoms with E-state index in [1.165, 1.54) is 11.8 Å². The molecule has 3 rings (SSSR count). The van der Waals surface area contributed by atoms with Gasteiger partial charge in [-0.2, -0.15) is 0 Å². The number of rotatable bonds is 6. The quantitative estimate of drug-likeness (QED) is 0.575. The number of hydrogen-bond acceptors (Lipinski definition) is 4. The van der Waals surface area contributed by atoms with Crippen LogP contribution in [0.25, 0.3) is 11.3 Å². The average molecular weight is 388 g/mol. The predicted molar refractivity (Wildman–Crippen MR) is 106 cm³/mol. The molecule has 0 fully saturated rings. The van der Waals surface area contributed by atoms with Gasteiger partial charge in [0.2, 0.25) is 5.91 Å². The molecule has 1 heterocycles. The Balaban J connectivity index is 1.67. The van der Waals surface area contributed by atoms with Crippen molar-refractivity contribution in [2.45, 2.75) is 18.4 Å². The van der Waals surface area contributed by atoms with Crippen LogP contribution >= 0.6 is 23.4 Å². The molecule has 0 spiro atoms. The van der Waals surface area contributed by atoms with Gasteiger partial charge in [-0.3, -0.25) is 4.79 Å². The van der Waals surface area contributed by atoms with Crippen LogP contribution in [-0.2, 0) is 11.4 Å². The highest BCUT2D eigenvalue weighted by Gasteiger charge is 2.10. The van der Waals surface area contributed by atoms with Crippen molar-refractivity contribution < 1.29 is 14.3 Å². The first-order valence-corrected chi connectivity index (χ1v) is 9.40. The topological polar surface area (TPSA) is 62.5 Å². The number of carbonyl (C=O) groups is 1. The van der Waals surface area contributed by atoms with Crippen LogP contribution in [0.2, 0.25) is 5.02 Å². The van der Waals surface area contributed by atoms with Gasteiger partial charge in [-0.1, -0.05) is 23.7 Å². The van der Waals surface area contributed by atoms with Crippen molar-refractivity contribution in [1.29, 1.82) is 0 Å². The Labute approximate surface area is 161 Å². The summed E-state index contributed by atoms with van der Waals surface area (Å²) in [7, 11) is 0. The minimum Gasteiger partial charge on any atom is -0.459 e. The summed E-state index contributed by atoms with van der Waals surface area (Å²) in [5.74, 6) is 1.38. The number of anilines is 1. The maximum Gasteiger partial charge on any atom is 0.234 e. The Kier molecular flexibility index (Phi) is 6.04. The number of hydrogen-bond donors (Lipinski definition) is 2. The number of furan rings is 1. The van der Waals surface area contributed by atoms with E-state index in [1.54, 1.807) is 24.3 Å². The van der Waals surface area contributed by atoms with Gasteiger partial charge in [-0.05, 0) is 55.0 Å². The number of benzene rings is 2. The van der Waals surface area contributed by atoms with E-state index in [9.17, 15) is 4.79 Å². The van der Waals surface area contributed by atoms with Gasteiger partial charge in [-0.25, -0.2) is 0 Å². The van der Waals surface area contributed by atoms with Gasteiger partial charge in [0, 0.05) is 21.2 Å². The molecule has 3 aromatic rings. The van der Waals surface area contributed by atoms with Crippen molar-refractivity contribution in [3.05, 3.63) is 70.9 Å². The molecule has 2 aromatic carbocycles. The van der Waals surface area contributed by atoms with Crippen LogP contribution in [0.1, 0.15) is 11.3 Å². The van der Waals surface area contributed by atoms with Crippen LogP contribution in [0.15, 0.2) is 63.9 Å². The van der Waals surface area contributed by atoms with Crippen molar-refractivity contribution in [3.8, 4) is 11.3 Å². The van der Waals surface area contributed by atoms with Crippen molar-refractivity contribution in [3.63, 3.8) is 0 Å². The standard InChI is InChI=1S/C20H18ClNO3S/c1-13-2-3-14(19-9-6-16(11-23)25-19)10-18(13)22-20(24)12-26-17-7-4-15(21)5-8-17/h2-10,23H,11-12H2,1H3,(H,22,24). The highest BCUT2D eigenvalue weighted by molar-refractivity contribution is 8.00. The predicted octanol–water partition coefficient (Wildman–Crippen LogP) is 5.13. The molecule has 2 N–H and O–H groups in total. The Morgan fingerprint density at radius 3 is 2.62 bits per heavy atom. The summed E-state index contributed by atoms with van der Waals surface area (Å²) in [6, 6.07) is 16.7. The van der Waals surface area contributed by atoms with Crippen molar-refractivity contribution in [1.82, 2.24) is 0 Å². The number of aryl methyl sites for hydroxylation is 1. The molecule has 0 saturated carbocycles. The van der Waals surface area contributed by atoms with Crippen molar-refractivity contribution in [2.24, 2.45) is 0 Å². The Morgan fingerprint density at radius 1 is 1.15 bits per heavy atom. The third kappa shape index (κ3) is 4.69. The SMILES string of the molecule is Cc1ccc(-c2ccc(CO)o2)cc1NC(=O)CSc1ccc(Cl)cc1. The van der Waals surface area contributed by atoms with Crippen LogP contribution in [0.3, 0.4) is 0 Å². The van der Waals surface area contributed by atoms with Gasteiger partial charge in [0.25, 0.3) is 0 Å². The molecule has 6 heteroatoms. The van der Waals surface area contributed by atoms with E-state index < -0.39 is 0 Å². The summed E-state index contributed by atoms with van der Waals surface area (Å²) in [6.07, 6.45) is 0. The first-order valence-electron chi connectivity index (χ1n) is 8.04. The molecular formula is C20H18ClNO3S. The van der Waals surface area contributed by atoms with E-state index in [1.807, 2.05) is 37.3 Å². The van der Waals surface area contributed by atoms with Gasteiger partial charge < -0.3 is 14.8 Å². The lowest BCUT2D eigenvalue weighted by Crippen LogP contribution is -2.14. The normalized spacial score (nSPS) is 10.7. The van der Waals surface area contributed by atoms with Crippen molar-refractivity contribution >= 4 is 35.0 Å².